The molecule has 0 spiro atoms. The third-order valence-corrected chi connectivity index (χ3v) is 4.42. The fraction of sp³-hybridized carbons (Fsp3) is 0.167. The van der Waals surface area contributed by atoms with Crippen LogP contribution in [0.1, 0.15) is 16.0 Å². The molecule has 2 rings (SSSR count). The molecule has 0 saturated heterocycles. The second-order valence-corrected chi connectivity index (χ2v) is 6.20. The average molecular weight is 336 g/mol. The largest absolute Gasteiger partial charge is 0.152 e. The van der Waals surface area contributed by atoms with Crippen LogP contribution >= 0.6 is 50.5 Å². The molecule has 1 heterocycles. The monoisotopic (exact) mass is 334 g/mol. The van der Waals surface area contributed by atoms with Crippen LogP contribution in [0.5, 0.6) is 0 Å². The maximum absolute atomic E-state index is 6.15. The van der Waals surface area contributed by atoms with E-state index in [9.17, 15) is 0 Å². The van der Waals surface area contributed by atoms with Crippen molar-refractivity contribution in [3.63, 3.8) is 0 Å². The van der Waals surface area contributed by atoms with Crippen molar-refractivity contribution >= 4 is 50.5 Å². The molecular formula is C12H9BrCl2S. The molecule has 1 aromatic heterocycles. The van der Waals surface area contributed by atoms with Gasteiger partial charge in [-0.3, -0.25) is 0 Å². The summed E-state index contributed by atoms with van der Waals surface area (Å²) in [4.78, 5) is 0.202. The maximum Gasteiger partial charge on any atom is 0.0451 e. The van der Waals surface area contributed by atoms with Gasteiger partial charge in [0.2, 0.25) is 0 Å². The first-order valence-corrected chi connectivity index (χ1v) is 7.38. The molecule has 0 radical (unpaired) electrons. The minimum atomic E-state index is 0.202. The van der Waals surface area contributed by atoms with Gasteiger partial charge in [0.15, 0.2) is 0 Å². The van der Waals surface area contributed by atoms with Gasteiger partial charge in [-0.1, -0.05) is 39.1 Å². The molecule has 0 aliphatic heterocycles. The highest BCUT2D eigenvalue weighted by atomic mass is 79.9. The highest BCUT2D eigenvalue weighted by molar-refractivity contribution is 9.09. The summed E-state index contributed by atoms with van der Waals surface area (Å²) in [5.41, 5.74) is 2.35. The quantitative estimate of drug-likeness (QED) is 0.628. The van der Waals surface area contributed by atoms with Crippen molar-refractivity contribution in [3.05, 3.63) is 56.2 Å². The minimum Gasteiger partial charge on any atom is -0.152 e. The zero-order chi connectivity index (χ0) is 11.5. The molecule has 0 N–H and O–H groups in total. The highest BCUT2D eigenvalue weighted by Gasteiger charge is 2.12. The Hall–Kier alpha value is -0.0200. The SMILES string of the molecule is Clc1ccc(Cl)c(C(Br)Cc2ccsc2)c1. The second kappa shape index (κ2) is 5.54. The number of halogens is 3. The van der Waals surface area contributed by atoms with Crippen molar-refractivity contribution in [1.82, 2.24) is 0 Å². The molecule has 0 bridgehead atoms. The van der Waals surface area contributed by atoms with E-state index in [1.807, 2.05) is 12.1 Å². The lowest BCUT2D eigenvalue weighted by Crippen LogP contribution is -1.95. The molecule has 0 nitrogen and oxygen atoms in total. The first-order valence-electron chi connectivity index (χ1n) is 4.77. The van der Waals surface area contributed by atoms with Gasteiger partial charge in [0.05, 0.1) is 0 Å². The molecule has 2 aromatic rings. The molecule has 1 atom stereocenters. The van der Waals surface area contributed by atoms with Crippen LogP contribution in [0.3, 0.4) is 0 Å². The number of hydrogen-bond acceptors (Lipinski definition) is 1. The summed E-state index contributed by atoms with van der Waals surface area (Å²) in [6.45, 7) is 0. The third-order valence-electron chi connectivity index (χ3n) is 2.29. The van der Waals surface area contributed by atoms with Gasteiger partial charge in [-0.25, -0.2) is 0 Å². The standard InChI is InChI=1S/C12H9BrCl2S/c13-11(5-8-3-4-16-7-8)10-6-9(14)1-2-12(10)15/h1-4,6-7,11H,5H2. The Balaban J connectivity index is 2.20. The van der Waals surface area contributed by atoms with Gasteiger partial charge >= 0.3 is 0 Å². The summed E-state index contributed by atoms with van der Waals surface area (Å²) in [5, 5.41) is 5.69. The number of rotatable bonds is 3. The predicted molar refractivity (Wildman–Crippen MR) is 76.2 cm³/mol. The summed E-state index contributed by atoms with van der Waals surface area (Å²) >= 11 is 17.5. The lowest BCUT2D eigenvalue weighted by molar-refractivity contribution is 0.955. The van der Waals surface area contributed by atoms with Crippen LogP contribution in [0.4, 0.5) is 0 Å². The number of thiophene rings is 1. The number of alkyl halides is 1. The van der Waals surface area contributed by atoms with Crippen LogP contribution in [0.2, 0.25) is 10.0 Å². The highest BCUT2D eigenvalue weighted by Crippen LogP contribution is 2.34. The van der Waals surface area contributed by atoms with E-state index in [1.54, 1.807) is 17.4 Å². The summed E-state index contributed by atoms with van der Waals surface area (Å²) in [6, 6.07) is 7.67. The van der Waals surface area contributed by atoms with E-state index >= 15 is 0 Å². The van der Waals surface area contributed by atoms with E-state index in [2.05, 4.69) is 32.8 Å². The minimum absolute atomic E-state index is 0.202. The molecule has 1 unspecified atom stereocenters. The fourth-order valence-corrected chi connectivity index (χ4v) is 3.48. The van der Waals surface area contributed by atoms with Crippen molar-refractivity contribution in [3.8, 4) is 0 Å². The first-order chi connectivity index (χ1) is 7.66. The van der Waals surface area contributed by atoms with Crippen LogP contribution in [-0.4, -0.2) is 0 Å². The van der Waals surface area contributed by atoms with Gasteiger partial charge in [-0.15, -0.1) is 0 Å². The molecule has 0 fully saturated rings. The zero-order valence-electron chi connectivity index (χ0n) is 8.29. The van der Waals surface area contributed by atoms with E-state index in [0.717, 1.165) is 17.0 Å². The summed E-state index contributed by atoms with van der Waals surface area (Å²) in [7, 11) is 0. The van der Waals surface area contributed by atoms with E-state index < -0.39 is 0 Å². The van der Waals surface area contributed by atoms with Gasteiger partial charge in [0.25, 0.3) is 0 Å². The van der Waals surface area contributed by atoms with E-state index in [4.69, 9.17) is 23.2 Å². The Kier molecular flexibility index (Phi) is 4.31. The maximum atomic E-state index is 6.15. The van der Waals surface area contributed by atoms with Gasteiger partial charge in [-0.2, -0.15) is 11.3 Å². The second-order valence-electron chi connectivity index (χ2n) is 3.47. The molecule has 84 valence electrons. The number of hydrogen-bond donors (Lipinski definition) is 0. The van der Waals surface area contributed by atoms with Crippen LogP contribution in [0, 0.1) is 0 Å². The van der Waals surface area contributed by atoms with Crippen LogP contribution in [0.25, 0.3) is 0 Å². The Morgan fingerprint density at radius 2 is 2.06 bits per heavy atom. The summed E-state index contributed by atoms with van der Waals surface area (Å²) in [6.07, 6.45) is 0.920. The zero-order valence-corrected chi connectivity index (χ0v) is 12.2. The van der Waals surface area contributed by atoms with Crippen LogP contribution < -0.4 is 0 Å². The van der Waals surface area contributed by atoms with Gasteiger partial charge in [-0.05, 0) is 52.6 Å². The Morgan fingerprint density at radius 3 is 2.75 bits per heavy atom. The molecule has 0 aliphatic rings. The predicted octanol–water partition coefficient (Wildman–Crippen LogP) is 5.73. The van der Waals surface area contributed by atoms with Crippen molar-refractivity contribution in [2.75, 3.05) is 0 Å². The lowest BCUT2D eigenvalue weighted by atomic mass is 10.1. The molecule has 4 heteroatoms. The van der Waals surface area contributed by atoms with Gasteiger partial charge < -0.3 is 0 Å². The molecule has 0 aliphatic carbocycles. The average Bonchev–Trinajstić information content (AvgIpc) is 2.74. The molecule has 16 heavy (non-hydrogen) atoms. The summed E-state index contributed by atoms with van der Waals surface area (Å²) in [5.74, 6) is 0. The third kappa shape index (κ3) is 3.01. The van der Waals surface area contributed by atoms with E-state index in [-0.39, 0.29) is 4.83 Å². The molecule has 0 amide bonds. The van der Waals surface area contributed by atoms with Crippen molar-refractivity contribution in [1.29, 1.82) is 0 Å². The topological polar surface area (TPSA) is 0 Å². The van der Waals surface area contributed by atoms with Gasteiger partial charge in [0, 0.05) is 14.9 Å². The first kappa shape index (κ1) is 12.4. The lowest BCUT2D eigenvalue weighted by Gasteiger charge is -2.11. The fourth-order valence-electron chi connectivity index (χ4n) is 1.48. The van der Waals surface area contributed by atoms with Crippen molar-refractivity contribution in [2.45, 2.75) is 11.2 Å². The van der Waals surface area contributed by atoms with Gasteiger partial charge in [0.1, 0.15) is 0 Å². The van der Waals surface area contributed by atoms with Crippen molar-refractivity contribution in [2.24, 2.45) is 0 Å². The van der Waals surface area contributed by atoms with E-state index in [1.165, 1.54) is 5.56 Å². The normalized spacial score (nSPS) is 12.7. The molecule has 1 aromatic carbocycles. The molecular weight excluding hydrogens is 327 g/mol. The van der Waals surface area contributed by atoms with E-state index in [0.29, 0.717) is 5.02 Å². The smallest absolute Gasteiger partial charge is 0.0451 e. The Morgan fingerprint density at radius 1 is 1.25 bits per heavy atom. The Labute approximate surface area is 117 Å². The van der Waals surface area contributed by atoms with Crippen LogP contribution in [-0.2, 0) is 6.42 Å². The number of benzene rings is 1. The van der Waals surface area contributed by atoms with Crippen molar-refractivity contribution < 1.29 is 0 Å². The van der Waals surface area contributed by atoms with Crippen LogP contribution in [0.15, 0.2) is 35.0 Å². The Bertz CT molecular complexity index is 468. The molecule has 0 saturated carbocycles. The summed E-state index contributed by atoms with van der Waals surface area (Å²) < 4.78 is 0.